The summed E-state index contributed by atoms with van der Waals surface area (Å²) in [6.45, 7) is 1.92. The van der Waals surface area contributed by atoms with Gasteiger partial charge in [-0.3, -0.25) is 4.79 Å². The van der Waals surface area contributed by atoms with Crippen LogP contribution in [0.1, 0.15) is 6.92 Å². The number of carbonyl (C=O) groups is 1. The summed E-state index contributed by atoms with van der Waals surface area (Å²) in [7, 11) is 3.21. The van der Waals surface area contributed by atoms with Gasteiger partial charge in [0, 0.05) is 19.2 Å². The van der Waals surface area contributed by atoms with Crippen LogP contribution in [-0.2, 0) is 14.3 Å². The first kappa shape index (κ1) is 15.9. The third kappa shape index (κ3) is 8.68. The molecule has 1 aromatic carbocycles. The zero-order chi connectivity index (χ0) is 13.1. The second-order valence-electron chi connectivity index (χ2n) is 2.97. The fraction of sp³-hybridized carbons (Fsp3) is 0.417. The normalized spacial score (nSPS) is 9.47. The van der Waals surface area contributed by atoms with E-state index in [1.54, 1.807) is 38.5 Å². The lowest BCUT2D eigenvalue weighted by atomic mass is 10.3. The predicted octanol–water partition coefficient (Wildman–Crippen LogP) is 2.54. The molecular formula is C12H17ClO4. The van der Waals surface area contributed by atoms with Gasteiger partial charge in [0.2, 0.25) is 0 Å². The quantitative estimate of drug-likeness (QED) is 0.603. The first-order valence-electron chi connectivity index (χ1n) is 5.01. The maximum atomic E-state index is 9.89. The Hall–Kier alpha value is -1.10. The Labute approximate surface area is 106 Å². The summed E-state index contributed by atoms with van der Waals surface area (Å²) in [4.78, 5) is 9.89. The molecule has 0 amide bonds. The molecule has 0 unspecified atom stereocenters. The number of aldehydes is 1. The Balaban J connectivity index is 0.000000366. The van der Waals surface area contributed by atoms with Crippen LogP contribution in [0.15, 0.2) is 24.3 Å². The number of hydrogen-bond donors (Lipinski definition) is 0. The lowest BCUT2D eigenvalue weighted by molar-refractivity contribution is -0.109. The van der Waals surface area contributed by atoms with Gasteiger partial charge in [0.05, 0.1) is 0 Å². The van der Waals surface area contributed by atoms with Crippen LogP contribution >= 0.6 is 11.6 Å². The van der Waals surface area contributed by atoms with Gasteiger partial charge in [-0.1, -0.05) is 11.6 Å². The van der Waals surface area contributed by atoms with Crippen LogP contribution in [0.2, 0.25) is 5.02 Å². The van der Waals surface area contributed by atoms with E-state index in [-0.39, 0.29) is 12.9 Å². The maximum absolute atomic E-state index is 9.89. The van der Waals surface area contributed by atoms with E-state index in [4.69, 9.17) is 16.3 Å². The van der Waals surface area contributed by atoms with Gasteiger partial charge >= 0.3 is 0 Å². The lowest BCUT2D eigenvalue weighted by Crippen LogP contribution is -2.05. The Morgan fingerprint density at radius 1 is 1.24 bits per heavy atom. The molecule has 1 rings (SSSR count). The standard InChI is InChI=1S/C8H7ClO2.C4H10O2/c9-7-1-3-8(4-2-7)11-6-5-10;1-4(5-2)6-3/h1-5H,6H2;4H,1-3H3. The molecule has 0 bridgehead atoms. The number of rotatable bonds is 5. The molecule has 4 nitrogen and oxygen atoms in total. The molecule has 0 saturated carbocycles. The monoisotopic (exact) mass is 260 g/mol. The van der Waals surface area contributed by atoms with Crippen molar-refractivity contribution >= 4 is 17.9 Å². The average Bonchev–Trinajstić information content (AvgIpc) is 2.38. The maximum Gasteiger partial charge on any atom is 0.157 e. The van der Waals surface area contributed by atoms with Gasteiger partial charge in [-0.15, -0.1) is 0 Å². The Morgan fingerprint density at radius 3 is 2.12 bits per heavy atom. The molecule has 0 atom stereocenters. The van der Waals surface area contributed by atoms with Gasteiger partial charge in [-0.25, -0.2) is 0 Å². The molecule has 0 aromatic heterocycles. The van der Waals surface area contributed by atoms with Crippen molar-refractivity contribution in [2.24, 2.45) is 0 Å². The molecule has 1 aromatic rings. The van der Waals surface area contributed by atoms with E-state index in [1.165, 1.54) is 0 Å². The molecular weight excluding hydrogens is 244 g/mol. The molecule has 0 radical (unpaired) electrons. The Morgan fingerprint density at radius 2 is 1.76 bits per heavy atom. The highest BCUT2D eigenvalue weighted by atomic mass is 35.5. The molecule has 0 heterocycles. The second kappa shape index (κ2) is 10.1. The van der Waals surface area contributed by atoms with E-state index in [0.717, 1.165) is 0 Å². The number of benzene rings is 1. The molecule has 17 heavy (non-hydrogen) atoms. The van der Waals surface area contributed by atoms with E-state index >= 15 is 0 Å². The fourth-order valence-corrected chi connectivity index (χ4v) is 0.883. The Bertz CT molecular complexity index is 296. The zero-order valence-corrected chi connectivity index (χ0v) is 10.9. The summed E-state index contributed by atoms with van der Waals surface area (Å²) in [6, 6.07) is 6.85. The van der Waals surface area contributed by atoms with Gasteiger partial charge in [0.1, 0.15) is 12.4 Å². The van der Waals surface area contributed by atoms with Crippen molar-refractivity contribution < 1.29 is 19.0 Å². The van der Waals surface area contributed by atoms with Crippen LogP contribution in [0.3, 0.4) is 0 Å². The van der Waals surface area contributed by atoms with Crippen LogP contribution in [0.5, 0.6) is 5.75 Å². The highest BCUT2D eigenvalue weighted by Gasteiger charge is 1.91. The molecule has 0 aliphatic rings. The van der Waals surface area contributed by atoms with Gasteiger partial charge in [-0.05, 0) is 31.2 Å². The van der Waals surface area contributed by atoms with Crippen molar-refractivity contribution in [3.05, 3.63) is 29.3 Å². The van der Waals surface area contributed by atoms with Crippen LogP contribution < -0.4 is 4.74 Å². The minimum atomic E-state index is -0.0648. The molecule has 0 fully saturated rings. The second-order valence-corrected chi connectivity index (χ2v) is 3.41. The number of hydrogen-bond acceptors (Lipinski definition) is 4. The van der Waals surface area contributed by atoms with Crippen molar-refractivity contribution in [2.75, 3.05) is 20.8 Å². The summed E-state index contributed by atoms with van der Waals surface area (Å²) in [5.41, 5.74) is 0. The molecule has 96 valence electrons. The van der Waals surface area contributed by atoms with E-state index in [0.29, 0.717) is 17.1 Å². The van der Waals surface area contributed by atoms with E-state index < -0.39 is 0 Å². The first-order chi connectivity index (χ1) is 8.13. The smallest absolute Gasteiger partial charge is 0.157 e. The van der Waals surface area contributed by atoms with Crippen molar-refractivity contribution in [1.29, 1.82) is 0 Å². The highest BCUT2D eigenvalue weighted by Crippen LogP contribution is 2.14. The third-order valence-corrected chi connectivity index (χ3v) is 2.05. The van der Waals surface area contributed by atoms with E-state index in [9.17, 15) is 4.79 Å². The first-order valence-corrected chi connectivity index (χ1v) is 5.39. The SMILES string of the molecule is COC(C)OC.O=CCOc1ccc(Cl)cc1. The number of methoxy groups -OCH3 is 2. The molecule has 0 saturated heterocycles. The average molecular weight is 261 g/mol. The summed E-state index contributed by atoms with van der Waals surface area (Å²) < 4.78 is 14.3. The van der Waals surface area contributed by atoms with Crippen molar-refractivity contribution in [3.8, 4) is 5.75 Å². The molecule has 0 N–H and O–H groups in total. The molecule has 0 spiro atoms. The minimum Gasteiger partial charge on any atom is -0.486 e. The summed E-state index contributed by atoms with van der Waals surface area (Å²) in [5, 5.41) is 0.656. The molecule has 5 heteroatoms. The minimum absolute atomic E-state index is 0.0648. The number of carbonyl (C=O) groups excluding carboxylic acids is 1. The van der Waals surface area contributed by atoms with Crippen LogP contribution in [0.25, 0.3) is 0 Å². The summed E-state index contributed by atoms with van der Waals surface area (Å²) in [5.74, 6) is 0.654. The molecule has 0 aliphatic heterocycles. The van der Waals surface area contributed by atoms with Gasteiger partial charge in [0.25, 0.3) is 0 Å². The molecule has 0 aliphatic carbocycles. The van der Waals surface area contributed by atoms with E-state index in [2.05, 4.69) is 9.47 Å². The van der Waals surface area contributed by atoms with Crippen LogP contribution in [-0.4, -0.2) is 33.4 Å². The van der Waals surface area contributed by atoms with Gasteiger partial charge in [-0.2, -0.15) is 0 Å². The van der Waals surface area contributed by atoms with Crippen LogP contribution in [0.4, 0.5) is 0 Å². The fourth-order valence-electron chi connectivity index (χ4n) is 0.757. The third-order valence-electron chi connectivity index (χ3n) is 1.80. The largest absolute Gasteiger partial charge is 0.486 e. The summed E-state index contributed by atoms with van der Waals surface area (Å²) in [6.07, 6.45) is 0.638. The van der Waals surface area contributed by atoms with Gasteiger partial charge in [0.15, 0.2) is 12.6 Å². The van der Waals surface area contributed by atoms with Crippen molar-refractivity contribution in [2.45, 2.75) is 13.2 Å². The van der Waals surface area contributed by atoms with Crippen molar-refractivity contribution in [1.82, 2.24) is 0 Å². The zero-order valence-electron chi connectivity index (χ0n) is 10.2. The highest BCUT2D eigenvalue weighted by molar-refractivity contribution is 6.30. The summed E-state index contributed by atoms with van der Waals surface area (Å²) >= 11 is 5.62. The predicted molar refractivity (Wildman–Crippen MR) is 66.5 cm³/mol. The van der Waals surface area contributed by atoms with Crippen LogP contribution in [0, 0.1) is 0 Å². The number of halogens is 1. The topological polar surface area (TPSA) is 44.8 Å². The Kier molecular flexibility index (Phi) is 9.43. The number of ether oxygens (including phenoxy) is 3. The lowest BCUT2D eigenvalue weighted by Gasteiger charge is -2.03. The van der Waals surface area contributed by atoms with Gasteiger partial charge < -0.3 is 14.2 Å². The van der Waals surface area contributed by atoms with E-state index in [1.807, 2.05) is 6.92 Å². The van der Waals surface area contributed by atoms with Crippen molar-refractivity contribution in [3.63, 3.8) is 0 Å².